The molecule has 0 aliphatic heterocycles. The van der Waals surface area contributed by atoms with Gasteiger partial charge in [0.2, 0.25) is 0 Å². The number of hydrogen-bond donors (Lipinski definition) is 0. The minimum Gasteiger partial charge on any atom is -0.294 e. The van der Waals surface area contributed by atoms with E-state index in [-0.39, 0.29) is 0 Å². The van der Waals surface area contributed by atoms with Crippen LogP contribution in [0.5, 0.6) is 0 Å². The van der Waals surface area contributed by atoms with Crippen molar-refractivity contribution < 1.29 is 0 Å². The molecule has 15 rings (SSSR count). The van der Waals surface area contributed by atoms with Crippen LogP contribution in [0.25, 0.3) is 83.6 Å². The molecule has 5 heteroatoms. The van der Waals surface area contributed by atoms with E-state index in [0.29, 0.717) is 5.82 Å². The standard InChI is InChI=1S/C82H59N3Si2/c1-8-27-60(28-9-1)63-47-51-72(52-48-63)86(68-35-14-4-15-36-68,69-37-16-5-17-38-69)74-56-67(57-75(58-74)87(70-39-18-6-19-40-70,71-41-20-7-21-42-71)73-53-49-64(50-54-73)61-29-10-2-11-30-61)82-83-78(66-34-26-33-65(55-66)62-31-12-3-13-32-62)59-81(84-82)85-79-45-24-22-43-76(79)77-44-23-25-46-80(77)85/h1-59H. The maximum Gasteiger partial charge on any atom is 0.179 e. The summed E-state index contributed by atoms with van der Waals surface area (Å²) >= 11 is 0. The van der Waals surface area contributed by atoms with Crippen LogP contribution >= 0.6 is 0 Å². The molecule has 0 aliphatic carbocycles. The minimum absolute atomic E-state index is 0.643. The Morgan fingerprint density at radius 1 is 0.207 bits per heavy atom. The van der Waals surface area contributed by atoms with Crippen LogP contribution in [-0.4, -0.2) is 30.7 Å². The third kappa shape index (κ3) is 9.56. The molecule has 13 aromatic carbocycles. The first kappa shape index (κ1) is 52.9. The van der Waals surface area contributed by atoms with E-state index in [1.165, 1.54) is 74.5 Å². The number of para-hydroxylation sites is 2. The Morgan fingerprint density at radius 2 is 0.529 bits per heavy atom. The van der Waals surface area contributed by atoms with Crippen molar-refractivity contribution in [1.82, 2.24) is 14.5 Å². The molecule has 0 spiro atoms. The van der Waals surface area contributed by atoms with E-state index in [1.54, 1.807) is 0 Å². The lowest BCUT2D eigenvalue weighted by molar-refractivity contribution is 1.05. The van der Waals surface area contributed by atoms with Crippen LogP contribution in [0.1, 0.15) is 0 Å². The summed E-state index contributed by atoms with van der Waals surface area (Å²) in [4.78, 5) is 11.8. The van der Waals surface area contributed by atoms with Crippen molar-refractivity contribution in [3.63, 3.8) is 0 Å². The van der Waals surface area contributed by atoms with Gasteiger partial charge in [-0.25, -0.2) is 9.97 Å². The molecular weight excluding hydrogens is 1080 g/mol. The molecule has 410 valence electrons. The summed E-state index contributed by atoms with van der Waals surface area (Å²) in [6, 6.07) is 132. The highest BCUT2D eigenvalue weighted by Crippen LogP contribution is 2.35. The zero-order chi connectivity index (χ0) is 58.0. The average molecular weight is 1140 g/mol. The van der Waals surface area contributed by atoms with E-state index < -0.39 is 16.1 Å². The maximum atomic E-state index is 5.91. The predicted octanol–water partition coefficient (Wildman–Crippen LogP) is 14.7. The van der Waals surface area contributed by atoms with E-state index in [9.17, 15) is 0 Å². The van der Waals surface area contributed by atoms with E-state index in [0.717, 1.165) is 44.8 Å². The fraction of sp³-hybridized carbons (Fsp3) is 0. The van der Waals surface area contributed by atoms with Gasteiger partial charge in [-0.1, -0.05) is 334 Å². The van der Waals surface area contributed by atoms with E-state index in [1.807, 2.05) is 0 Å². The lowest BCUT2D eigenvalue weighted by Gasteiger charge is -2.38. The van der Waals surface area contributed by atoms with Crippen molar-refractivity contribution in [1.29, 1.82) is 0 Å². The molecule has 0 bridgehead atoms. The Morgan fingerprint density at radius 3 is 0.943 bits per heavy atom. The highest BCUT2D eigenvalue weighted by molar-refractivity contribution is 7.22. The largest absolute Gasteiger partial charge is 0.294 e. The molecule has 2 aromatic heterocycles. The van der Waals surface area contributed by atoms with Crippen molar-refractivity contribution in [3.05, 3.63) is 358 Å². The molecule has 15 aromatic rings. The first-order valence-corrected chi connectivity index (χ1v) is 33.9. The van der Waals surface area contributed by atoms with Crippen molar-refractivity contribution in [2.24, 2.45) is 0 Å². The second kappa shape index (κ2) is 23.0. The Kier molecular flexibility index (Phi) is 14.0. The van der Waals surface area contributed by atoms with Gasteiger partial charge in [0.05, 0.1) is 16.7 Å². The van der Waals surface area contributed by atoms with Crippen LogP contribution in [0.15, 0.2) is 358 Å². The number of fused-ring (bicyclic) bond motifs is 3. The van der Waals surface area contributed by atoms with Crippen LogP contribution in [0, 0.1) is 0 Å². The molecule has 0 radical (unpaired) electrons. The highest BCUT2D eigenvalue weighted by atomic mass is 28.3. The minimum atomic E-state index is -3.35. The van der Waals surface area contributed by atoms with Gasteiger partial charge < -0.3 is 0 Å². The van der Waals surface area contributed by atoms with Gasteiger partial charge >= 0.3 is 0 Å². The summed E-state index contributed by atoms with van der Waals surface area (Å²) < 4.78 is 2.34. The zero-order valence-corrected chi connectivity index (χ0v) is 49.9. The Balaban J connectivity index is 1.09. The molecule has 0 atom stereocenters. The molecule has 0 fully saturated rings. The number of benzene rings is 13. The maximum absolute atomic E-state index is 5.91. The molecule has 0 N–H and O–H groups in total. The molecule has 2 heterocycles. The van der Waals surface area contributed by atoms with Crippen LogP contribution in [0.4, 0.5) is 0 Å². The van der Waals surface area contributed by atoms with Crippen molar-refractivity contribution in [3.8, 4) is 61.8 Å². The number of rotatable bonds is 14. The molecular formula is C82H59N3Si2. The van der Waals surface area contributed by atoms with Gasteiger partial charge in [-0.05, 0) is 93.1 Å². The third-order valence-corrected chi connectivity index (χ3v) is 27.0. The molecule has 0 unspecified atom stereocenters. The van der Waals surface area contributed by atoms with Gasteiger partial charge in [-0.3, -0.25) is 4.57 Å². The van der Waals surface area contributed by atoms with Gasteiger partial charge in [-0.15, -0.1) is 0 Å². The molecule has 0 aliphatic rings. The van der Waals surface area contributed by atoms with Crippen LogP contribution in [-0.2, 0) is 0 Å². The summed E-state index contributed by atoms with van der Waals surface area (Å²) in [5, 5.41) is 12.5. The molecule has 0 saturated carbocycles. The highest BCUT2D eigenvalue weighted by Gasteiger charge is 2.46. The monoisotopic (exact) mass is 1140 g/mol. The SMILES string of the molecule is c1ccc(-c2ccc([Si](c3ccccc3)(c3ccccc3)c3cc(-c4nc(-c5cccc(-c6ccccc6)c5)cc(-n5c6ccccc6c6ccccc65)n4)cc([Si](c4ccccc4)(c4ccccc4)c4ccc(-c5ccccc5)cc4)c3)cc2)cc1. The van der Waals surface area contributed by atoms with Crippen LogP contribution < -0.4 is 41.5 Å². The predicted molar refractivity (Wildman–Crippen MR) is 371 cm³/mol. The first-order valence-electron chi connectivity index (χ1n) is 29.9. The molecule has 3 nitrogen and oxygen atoms in total. The fourth-order valence-electron chi connectivity index (χ4n) is 13.5. The van der Waals surface area contributed by atoms with Gasteiger partial charge in [-0.2, -0.15) is 0 Å². The third-order valence-electron chi connectivity index (χ3n) is 17.5. The zero-order valence-electron chi connectivity index (χ0n) is 47.9. The molecule has 0 amide bonds. The average Bonchev–Trinajstić information content (AvgIpc) is 1.42. The van der Waals surface area contributed by atoms with E-state index >= 15 is 0 Å². The lowest BCUT2D eigenvalue weighted by Crippen LogP contribution is -2.78. The lowest BCUT2D eigenvalue weighted by atomic mass is 10.0. The number of nitrogens with zero attached hydrogens (tertiary/aromatic N) is 3. The topological polar surface area (TPSA) is 30.7 Å². The van der Waals surface area contributed by atoms with Crippen molar-refractivity contribution in [2.75, 3.05) is 0 Å². The van der Waals surface area contributed by atoms with Crippen molar-refractivity contribution >= 4 is 79.4 Å². The second-order valence-corrected chi connectivity index (χ2v) is 30.0. The summed E-state index contributed by atoms with van der Waals surface area (Å²) in [5.41, 5.74) is 11.9. The summed E-state index contributed by atoms with van der Waals surface area (Å²) in [5.74, 6) is 1.44. The summed E-state index contributed by atoms with van der Waals surface area (Å²) in [6.07, 6.45) is 0. The Bertz CT molecular complexity index is 4550. The van der Waals surface area contributed by atoms with E-state index in [2.05, 4.69) is 362 Å². The van der Waals surface area contributed by atoms with Crippen LogP contribution in [0.2, 0.25) is 0 Å². The fourth-order valence-corrected chi connectivity index (χ4v) is 23.2. The Hall–Kier alpha value is -10.8. The summed E-state index contributed by atoms with van der Waals surface area (Å²) in [6.45, 7) is 0. The first-order chi connectivity index (χ1) is 43.1. The van der Waals surface area contributed by atoms with Gasteiger partial charge in [0.25, 0.3) is 0 Å². The van der Waals surface area contributed by atoms with Gasteiger partial charge in [0.1, 0.15) is 5.82 Å². The second-order valence-electron chi connectivity index (χ2n) is 22.4. The summed E-state index contributed by atoms with van der Waals surface area (Å²) in [7, 11) is -6.71. The Labute approximate surface area is 510 Å². The molecule has 0 saturated heterocycles. The normalized spacial score (nSPS) is 11.7. The van der Waals surface area contributed by atoms with E-state index in [4.69, 9.17) is 9.97 Å². The van der Waals surface area contributed by atoms with Crippen LogP contribution in [0.3, 0.4) is 0 Å². The molecule has 87 heavy (non-hydrogen) atoms. The van der Waals surface area contributed by atoms with Gasteiger partial charge in [0, 0.05) is 28.0 Å². The van der Waals surface area contributed by atoms with Crippen molar-refractivity contribution in [2.45, 2.75) is 0 Å². The number of hydrogen-bond acceptors (Lipinski definition) is 2. The van der Waals surface area contributed by atoms with Gasteiger partial charge in [0.15, 0.2) is 22.0 Å². The smallest absolute Gasteiger partial charge is 0.179 e. The quantitative estimate of drug-likeness (QED) is 0.0802. The number of aromatic nitrogens is 3.